The molecule has 2 amide bonds. The maximum atomic E-state index is 13.9. The first-order valence-corrected chi connectivity index (χ1v) is 14.2. The van der Waals surface area contributed by atoms with Crippen LogP contribution in [0.15, 0.2) is 24.3 Å². The molecule has 2 aromatic rings. The number of nitrogens with one attached hydrogen (secondary N) is 2. The van der Waals surface area contributed by atoms with Gasteiger partial charge in [0.25, 0.3) is 5.91 Å². The number of amides is 2. The molecule has 4 saturated carbocycles. The van der Waals surface area contributed by atoms with Gasteiger partial charge in [-0.15, -0.1) is 11.3 Å². The minimum absolute atomic E-state index is 0.148. The molecule has 4 bridgehead atoms. The molecular formula is C29H36N2O3S. The van der Waals surface area contributed by atoms with E-state index in [1.807, 2.05) is 31.2 Å². The van der Waals surface area contributed by atoms with Crippen LogP contribution in [0.1, 0.15) is 79.6 Å². The summed E-state index contributed by atoms with van der Waals surface area (Å²) < 4.78 is 5.73. The number of hydrogen-bond acceptors (Lipinski definition) is 4. The molecule has 0 spiro atoms. The lowest BCUT2D eigenvalue weighted by Gasteiger charge is -2.55. The third kappa shape index (κ3) is 4.18. The molecule has 1 aromatic carbocycles. The van der Waals surface area contributed by atoms with Crippen molar-refractivity contribution in [2.75, 3.05) is 17.2 Å². The van der Waals surface area contributed by atoms with Gasteiger partial charge in [0.15, 0.2) is 0 Å². The predicted molar refractivity (Wildman–Crippen MR) is 140 cm³/mol. The van der Waals surface area contributed by atoms with E-state index in [1.54, 1.807) is 11.3 Å². The monoisotopic (exact) mass is 492 g/mol. The average molecular weight is 493 g/mol. The van der Waals surface area contributed by atoms with Gasteiger partial charge in [0, 0.05) is 4.88 Å². The molecule has 5 aliphatic rings. The number of carbonyl (C=O) groups excluding carboxylic acids is 2. The number of fused-ring (bicyclic) bond motifs is 1. The lowest BCUT2D eigenvalue weighted by atomic mass is 9.49. The maximum absolute atomic E-state index is 13.9. The summed E-state index contributed by atoms with van der Waals surface area (Å²) in [5, 5.41) is 7.18. The number of benzene rings is 1. The van der Waals surface area contributed by atoms with Crippen molar-refractivity contribution in [2.24, 2.45) is 29.1 Å². The van der Waals surface area contributed by atoms with Crippen LogP contribution in [0.5, 0.6) is 5.75 Å². The van der Waals surface area contributed by atoms with Gasteiger partial charge in [0.05, 0.1) is 23.3 Å². The second-order valence-electron chi connectivity index (χ2n) is 11.6. The van der Waals surface area contributed by atoms with Crippen molar-refractivity contribution < 1.29 is 14.3 Å². The van der Waals surface area contributed by atoms with E-state index in [2.05, 4.69) is 17.6 Å². The number of ether oxygens (including phenoxy) is 1. The van der Waals surface area contributed by atoms with Gasteiger partial charge >= 0.3 is 0 Å². The van der Waals surface area contributed by atoms with Crippen LogP contribution >= 0.6 is 11.3 Å². The Morgan fingerprint density at radius 3 is 2.43 bits per heavy atom. The van der Waals surface area contributed by atoms with Crippen LogP contribution < -0.4 is 15.4 Å². The van der Waals surface area contributed by atoms with E-state index in [4.69, 9.17) is 4.74 Å². The SMILES string of the molecule is CCOc1ccccc1NC(=O)c1c(NC(=O)C23CC4CC(CC(C4)C2)C3)sc2c1CCC(C)C2. The Morgan fingerprint density at radius 1 is 1.06 bits per heavy atom. The van der Waals surface area contributed by atoms with Gasteiger partial charge in [0.2, 0.25) is 5.91 Å². The van der Waals surface area contributed by atoms with Gasteiger partial charge in [-0.1, -0.05) is 19.1 Å². The van der Waals surface area contributed by atoms with Crippen molar-refractivity contribution in [1.82, 2.24) is 0 Å². The van der Waals surface area contributed by atoms with E-state index >= 15 is 0 Å². The molecule has 5 aliphatic carbocycles. The standard InChI is InChI=1S/C29H36N2O3S/c1-3-34-23-7-5-4-6-22(23)30-26(32)25-21-9-8-17(2)10-24(21)35-27(25)31-28(33)29-14-18-11-19(15-29)13-20(12-18)16-29/h4-7,17-20H,3,8-16H2,1-2H3,(H,30,32)(H,31,33). The molecule has 4 fully saturated rings. The molecule has 1 atom stereocenters. The van der Waals surface area contributed by atoms with Crippen molar-refractivity contribution in [2.45, 2.75) is 71.6 Å². The highest BCUT2D eigenvalue weighted by Gasteiger charge is 2.54. The molecule has 1 heterocycles. The Morgan fingerprint density at radius 2 is 1.74 bits per heavy atom. The van der Waals surface area contributed by atoms with Crippen LogP contribution in [0.3, 0.4) is 0 Å². The second kappa shape index (κ2) is 8.95. The number of thiophene rings is 1. The Balaban J connectivity index is 1.31. The zero-order chi connectivity index (χ0) is 24.2. The molecule has 35 heavy (non-hydrogen) atoms. The molecular weight excluding hydrogens is 456 g/mol. The minimum atomic E-state index is -0.234. The van der Waals surface area contributed by atoms with Crippen LogP contribution in [0.4, 0.5) is 10.7 Å². The molecule has 7 rings (SSSR count). The van der Waals surface area contributed by atoms with Gasteiger partial charge in [0.1, 0.15) is 10.8 Å². The average Bonchev–Trinajstić information content (AvgIpc) is 3.16. The topological polar surface area (TPSA) is 67.4 Å². The molecule has 2 N–H and O–H groups in total. The first-order chi connectivity index (χ1) is 16.9. The van der Waals surface area contributed by atoms with Crippen LogP contribution in [-0.2, 0) is 17.6 Å². The number of rotatable bonds is 6. The first kappa shape index (κ1) is 23.1. The Labute approximate surface area is 212 Å². The van der Waals surface area contributed by atoms with Crippen LogP contribution in [0.25, 0.3) is 0 Å². The summed E-state index contributed by atoms with van der Waals surface area (Å²) in [5.41, 5.74) is 2.23. The van der Waals surface area contributed by atoms with Gasteiger partial charge in [-0.05, 0) is 106 Å². The molecule has 0 radical (unpaired) electrons. The van der Waals surface area contributed by atoms with Crippen LogP contribution in [0.2, 0.25) is 0 Å². The number of carbonyl (C=O) groups is 2. The lowest BCUT2D eigenvalue weighted by molar-refractivity contribution is -0.140. The first-order valence-electron chi connectivity index (χ1n) is 13.4. The van der Waals surface area contributed by atoms with Crippen molar-refractivity contribution in [3.8, 4) is 5.75 Å². The predicted octanol–water partition coefficient (Wildman–Crippen LogP) is 6.68. The van der Waals surface area contributed by atoms with Gasteiger partial charge in [-0.2, -0.15) is 0 Å². The molecule has 0 aliphatic heterocycles. The summed E-state index contributed by atoms with van der Waals surface area (Å²) >= 11 is 1.63. The third-order valence-corrected chi connectivity index (χ3v) is 10.1. The highest BCUT2D eigenvalue weighted by atomic mass is 32.1. The summed E-state index contributed by atoms with van der Waals surface area (Å²) in [6.07, 6.45) is 9.93. The molecule has 186 valence electrons. The van der Waals surface area contributed by atoms with E-state index in [1.165, 1.54) is 24.1 Å². The molecule has 1 aromatic heterocycles. The van der Waals surface area contributed by atoms with E-state index in [9.17, 15) is 9.59 Å². The van der Waals surface area contributed by atoms with Gasteiger partial charge < -0.3 is 15.4 Å². The normalized spacial score (nSPS) is 30.6. The molecule has 0 saturated heterocycles. The fourth-order valence-electron chi connectivity index (χ4n) is 7.74. The lowest BCUT2D eigenvalue weighted by Crippen LogP contribution is -2.51. The molecule has 5 nitrogen and oxygen atoms in total. The summed E-state index contributed by atoms with van der Waals surface area (Å²) in [5.74, 6) is 3.41. The van der Waals surface area contributed by atoms with Gasteiger partial charge in [-0.3, -0.25) is 9.59 Å². The van der Waals surface area contributed by atoms with Crippen molar-refractivity contribution in [1.29, 1.82) is 0 Å². The van der Waals surface area contributed by atoms with Crippen LogP contribution in [0, 0.1) is 29.1 Å². The van der Waals surface area contributed by atoms with E-state index in [-0.39, 0.29) is 17.2 Å². The fraction of sp³-hybridized carbons (Fsp3) is 0.586. The van der Waals surface area contributed by atoms with E-state index < -0.39 is 0 Å². The summed E-state index contributed by atoms with van der Waals surface area (Å²) in [7, 11) is 0. The van der Waals surface area contributed by atoms with Gasteiger partial charge in [-0.25, -0.2) is 0 Å². The number of anilines is 2. The summed E-state index contributed by atoms with van der Waals surface area (Å²) in [6.45, 7) is 4.74. The number of para-hydroxylation sites is 2. The fourth-order valence-corrected chi connectivity index (χ4v) is 9.14. The summed E-state index contributed by atoms with van der Waals surface area (Å²) in [4.78, 5) is 28.8. The summed E-state index contributed by atoms with van der Waals surface area (Å²) in [6, 6.07) is 7.56. The quantitative estimate of drug-likeness (QED) is 0.473. The third-order valence-electron chi connectivity index (χ3n) is 8.92. The zero-order valence-electron chi connectivity index (χ0n) is 20.8. The zero-order valence-corrected chi connectivity index (χ0v) is 21.6. The largest absolute Gasteiger partial charge is 0.492 e. The second-order valence-corrected chi connectivity index (χ2v) is 12.7. The molecule has 1 unspecified atom stereocenters. The van der Waals surface area contributed by atoms with Crippen molar-refractivity contribution >= 4 is 33.8 Å². The Hall–Kier alpha value is -2.34. The highest BCUT2D eigenvalue weighted by molar-refractivity contribution is 7.17. The smallest absolute Gasteiger partial charge is 0.259 e. The van der Waals surface area contributed by atoms with E-state index in [0.29, 0.717) is 47.3 Å². The van der Waals surface area contributed by atoms with Crippen molar-refractivity contribution in [3.05, 3.63) is 40.3 Å². The molecule has 6 heteroatoms. The van der Waals surface area contributed by atoms with E-state index in [0.717, 1.165) is 49.1 Å². The number of hydrogen-bond donors (Lipinski definition) is 2. The Kier molecular flexibility index (Phi) is 5.90. The Bertz CT molecular complexity index is 1120. The minimum Gasteiger partial charge on any atom is -0.492 e. The maximum Gasteiger partial charge on any atom is 0.259 e. The van der Waals surface area contributed by atoms with Crippen LogP contribution in [-0.4, -0.2) is 18.4 Å². The van der Waals surface area contributed by atoms with Crippen molar-refractivity contribution in [3.63, 3.8) is 0 Å². The highest BCUT2D eigenvalue weighted by Crippen LogP contribution is 2.60.